The summed E-state index contributed by atoms with van der Waals surface area (Å²) < 4.78 is 22.3. The predicted molar refractivity (Wildman–Crippen MR) is 73.2 cm³/mol. The zero-order valence-corrected chi connectivity index (χ0v) is 11.7. The second kappa shape index (κ2) is 5.40. The van der Waals surface area contributed by atoms with Gasteiger partial charge in [-0.1, -0.05) is 12.1 Å². The summed E-state index contributed by atoms with van der Waals surface area (Å²) in [4.78, 5) is 0. The lowest BCUT2D eigenvalue weighted by atomic mass is 10.1. The summed E-state index contributed by atoms with van der Waals surface area (Å²) in [7, 11) is -3.09. The molecule has 1 N–H and O–H groups in total. The van der Waals surface area contributed by atoms with Gasteiger partial charge in [-0.3, -0.25) is 0 Å². The van der Waals surface area contributed by atoms with Crippen molar-refractivity contribution in [2.24, 2.45) is 0 Å². The molecule has 0 fully saturated rings. The maximum atomic E-state index is 11.5. The van der Waals surface area contributed by atoms with Gasteiger partial charge in [-0.15, -0.1) is 0 Å². The number of rotatable bonds is 5. The van der Waals surface area contributed by atoms with Gasteiger partial charge in [-0.05, 0) is 31.5 Å². The third-order valence-electron chi connectivity index (χ3n) is 2.96. The van der Waals surface area contributed by atoms with Gasteiger partial charge >= 0.3 is 0 Å². The Morgan fingerprint density at radius 1 is 1.28 bits per heavy atom. The van der Waals surface area contributed by atoms with E-state index in [0.29, 0.717) is 13.0 Å². The molecule has 5 heteroatoms. The number of hydrogen-bond acceptors (Lipinski definition) is 4. The lowest BCUT2D eigenvalue weighted by Gasteiger charge is -2.23. The highest BCUT2D eigenvalue weighted by Crippen LogP contribution is 2.17. The third kappa shape index (κ3) is 3.74. The molecule has 1 aromatic carbocycles. The van der Waals surface area contributed by atoms with Crippen LogP contribution >= 0.6 is 0 Å². The molecule has 0 aliphatic rings. The second-order valence-corrected chi connectivity index (χ2v) is 7.57. The van der Waals surface area contributed by atoms with Crippen LogP contribution in [0.5, 0.6) is 0 Å². The summed E-state index contributed by atoms with van der Waals surface area (Å²) in [6, 6.07) is 9.50. The minimum Gasteiger partial charge on any atom is -0.383 e. The van der Waals surface area contributed by atoms with E-state index in [1.165, 1.54) is 6.26 Å². The molecule has 0 saturated heterocycles. The Hall–Kier alpha value is -1.54. The first-order chi connectivity index (χ1) is 8.26. The Labute approximate surface area is 109 Å². The quantitative estimate of drug-likeness (QED) is 0.884. The highest BCUT2D eigenvalue weighted by molar-refractivity contribution is 7.92. The molecular weight excluding hydrogens is 248 g/mol. The van der Waals surface area contributed by atoms with E-state index in [4.69, 9.17) is 5.26 Å². The van der Waals surface area contributed by atoms with Crippen molar-refractivity contribution in [3.05, 3.63) is 29.8 Å². The van der Waals surface area contributed by atoms with Gasteiger partial charge in [-0.25, -0.2) is 8.42 Å². The fourth-order valence-electron chi connectivity index (χ4n) is 1.28. The van der Waals surface area contributed by atoms with Gasteiger partial charge in [0.25, 0.3) is 0 Å². The number of hydrogen-bond donors (Lipinski definition) is 1. The van der Waals surface area contributed by atoms with Crippen molar-refractivity contribution in [2.75, 3.05) is 18.1 Å². The highest BCUT2D eigenvalue weighted by Gasteiger charge is 2.29. The fraction of sp³-hybridized carbons (Fsp3) is 0.462. The Morgan fingerprint density at radius 2 is 1.83 bits per heavy atom. The number of anilines is 1. The molecule has 4 nitrogen and oxygen atoms in total. The van der Waals surface area contributed by atoms with Crippen molar-refractivity contribution >= 4 is 15.5 Å². The van der Waals surface area contributed by atoms with Crippen LogP contribution in [0.25, 0.3) is 0 Å². The Kier molecular flexibility index (Phi) is 4.36. The van der Waals surface area contributed by atoms with Crippen molar-refractivity contribution in [2.45, 2.75) is 25.0 Å². The number of sulfone groups is 1. The van der Waals surface area contributed by atoms with E-state index in [0.717, 1.165) is 11.3 Å². The summed E-state index contributed by atoms with van der Waals surface area (Å²) in [5.74, 6) is 0. The lowest BCUT2D eigenvalue weighted by molar-refractivity contribution is 0.560. The average molecular weight is 266 g/mol. The smallest absolute Gasteiger partial charge is 0.154 e. The Balaban J connectivity index is 2.68. The molecule has 0 aliphatic heterocycles. The van der Waals surface area contributed by atoms with E-state index in [1.807, 2.05) is 24.3 Å². The first-order valence-corrected chi connectivity index (χ1v) is 7.55. The SMILES string of the molecule is CC(C)(CNc1ccc(CC#N)cc1)S(C)(=O)=O. The first kappa shape index (κ1) is 14.5. The van der Waals surface area contributed by atoms with Gasteiger partial charge in [0.1, 0.15) is 0 Å². The molecule has 98 valence electrons. The number of nitriles is 1. The van der Waals surface area contributed by atoms with Gasteiger partial charge in [0.15, 0.2) is 9.84 Å². The van der Waals surface area contributed by atoms with E-state index >= 15 is 0 Å². The van der Waals surface area contributed by atoms with E-state index in [-0.39, 0.29) is 0 Å². The average Bonchev–Trinajstić information content (AvgIpc) is 2.27. The molecule has 0 aliphatic carbocycles. The van der Waals surface area contributed by atoms with Crippen LogP contribution in [0, 0.1) is 11.3 Å². The molecule has 0 bridgehead atoms. The monoisotopic (exact) mass is 266 g/mol. The summed E-state index contributed by atoms with van der Waals surface area (Å²) in [6.07, 6.45) is 1.62. The van der Waals surface area contributed by atoms with E-state index in [2.05, 4.69) is 11.4 Å². The minimum atomic E-state index is -3.09. The Morgan fingerprint density at radius 3 is 2.28 bits per heavy atom. The van der Waals surface area contributed by atoms with Crippen LogP contribution in [0.2, 0.25) is 0 Å². The van der Waals surface area contributed by atoms with Crippen LogP contribution in [0.15, 0.2) is 24.3 Å². The summed E-state index contributed by atoms with van der Waals surface area (Å²) in [5.41, 5.74) is 1.80. The van der Waals surface area contributed by atoms with E-state index in [1.54, 1.807) is 13.8 Å². The largest absolute Gasteiger partial charge is 0.383 e. The molecule has 1 aromatic rings. The lowest BCUT2D eigenvalue weighted by Crippen LogP contribution is -2.38. The molecule has 0 spiro atoms. The molecule has 0 amide bonds. The van der Waals surface area contributed by atoms with Gasteiger partial charge in [0, 0.05) is 18.5 Å². The van der Waals surface area contributed by atoms with Crippen LogP contribution < -0.4 is 5.32 Å². The van der Waals surface area contributed by atoms with Crippen LogP contribution in [0.1, 0.15) is 19.4 Å². The van der Waals surface area contributed by atoms with Gasteiger partial charge in [0.05, 0.1) is 17.2 Å². The van der Waals surface area contributed by atoms with Crippen LogP contribution in [0.4, 0.5) is 5.69 Å². The topological polar surface area (TPSA) is 70.0 Å². The molecular formula is C13H18N2O2S. The van der Waals surface area contributed by atoms with E-state index < -0.39 is 14.6 Å². The fourth-order valence-corrected chi connectivity index (χ4v) is 1.61. The molecule has 18 heavy (non-hydrogen) atoms. The van der Waals surface area contributed by atoms with Crippen LogP contribution in [-0.4, -0.2) is 26.0 Å². The van der Waals surface area contributed by atoms with Crippen LogP contribution in [0.3, 0.4) is 0 Å². The van der Waals surface area contributed by atoms with Crippen molar-refractivity contribution in [1.29, 1.82) is 5.26 Å². The normalized spacial score (nSPS) is 11.9. The third-order valence-corrected chi connectivity index (χ3v) is 5.11. The molecule has 0 atom stereocenters. The minimum absolute atomic E-state index is 0.351. The standard InChI is InChI=1S/C13H18N2O2S/c1-13(2,18(3,16)17)10-15-12-6-4-11(5-7-12)8-9-14/h4-7,15H,8,10H2,1-3H3. The van der Waals surface area contributed by atoms with Crippen molar-refractivity contribution in [3.8, 4) is 6.07 Å². The molecule has 0 heterocycles. The number of benzene rings is 1. The highest BCUT2D eigenvalue weighted by atomic mass is 32.2. The van der Waals surface area contributed by atoms with Crippen molar-refractivity contribution in [3.63, 3.8) is 0 Å². The molecule has 0 aromatic heterocycles. The zero-order chi connectivity index (χ0) is 13.8. The summed E-state index contributed by atoms with van der Waals surface area (Å²) in [6.45, 7) is 3.74. The number of nitrogens with zero attached hydrogens (tertiary/aromatic N) is 1. The van der Waals surface area contributed by atoms with Gasteiger partial charge in [-0.2, -0.15) is 5.26 Å². The Bertz CT molecular complexity index is 539. The van der Waals surface area contributed by atoms with Gasteiger partial charge in [0.2, 0.25) is 0 Å². The maximum Gasteiger partial charge on any atom is 0.154 e. The molecule has 0 saturated carbocycles. The summed E-state index contributed by atoms with van der Waals surface area (Å²) in [5, 5.41) is 11.7. The van der Waals surface area contributed by atoms with Gasteiger partial charge < -0.3 is 5.32 Å². The first-order valence-electron chi connectivity index (χ1n) is 5.65. The molecule has 0 radical (unpaired) electrons. The van der Waals surface area contributed by atoms with Crippen LogP contribution in [-0.2, 0) is 16.3 Å². The zero-order valence-electron chi connectivity index (χ0n) is 10.9. The number of nitrogens with one attached hydrogen (secondary N) is 1. The van der Waals surface area contributed by atoms with Crippen molar-refractivity contribution in [1.82, 2.24) is 0 Å². The van der Waals surface area contributed by atoms with Crippen molar-refractivity contribution < 1.29 is 8.42 Å². The molecule has 0 unspecified atom stereocenters. The van der Waals surface area contributed by atoms with E-state index in [9.17, 15) is 8.42 Å². The summed E-state index contributed by atoms with van der Waals surface area (Å²) >= 11 is 0. The second-order valence-electron chi connectivity index (χ2n) is 4.92. The predicted octanol–water partition coefficient (Wildman–Crippen LogP) is 1.99. The molecule has 1 rings (SSSR count). The maximum absolute atomic E-state index is 11.5.